The normalized spacial score (nSPS) is 14.3. The minimum absolute atomic E-state index is 0. The third kappa shape index (κ3) is 6.45. The van der Waals surface area contributed by atoms with Crippen LogP contribution in [0.5, 0.6) is 0 Å². The van der Waals surface area contributed by atoms with Crippen molar-refractivity contribution in [3.63, 3.8) is 0 Å². The summed E-state index contributed by atoms with van der Waals surface area (Å²) >= 11 is 5.88. The second-order valence-electron chi connectivity index (χ2n) is 6.50. The Kier molecular flexibility index (Phi) is 8.45. The highest BCUT2D eigenvalue weighted by molar-refractivity contribution is 6.30. The second-order valence-corrected chi connectivity index (χ2v) is 6.94. The minimum atomic E-state index is -0.595. The Balaban J connectivity index is 0.00000300. The lowest BCUT2D eigenvalue weighted by molar-refractivity contribution is -0.124. The van der Waals surface area contributed by atoms with E-state index in [4.69, 9.17) is 16.8 Å². The molecule has 0 atom stereocenters. The predicted molar refractivity (Wildman–Crippen MR) is 114 cm³/mol. The molecule has 1 aromatic heterocycles. The van der Waals surface area contributed by atoms with Gasteiger partial charge < -0.3 is 10.2 Å². The predicted octanol–water partition coefficient (Wildman–Crippen LogP) is 3.39. The number of halogens is 2. The van der Waals surface area contributed by atoms with E-state index in [0.717, 1.165) is 24.2 Å². The minimum Gasteiger partial charge on any atom is -0.367 e. The third-order valence-corrected chi connectivity index (χ3v) is 4.80. The van der Waals surface area contributed by atoms with E-state index >= 15 is 0 Å². The van der Waals surface area contributed by atoms with Crippen LogP contribution in [0.3, 0.4) is 0 Å². The average Bonchev–Trinajstić information content (AvgIpc) is 2.73. The molecule has 7 nitrogen and oxygen atoms in total. The zero-order valence-corrected chi connectivity index (χ0v) is 17.1. The van der Waals surface area contributed by atoms with Crippen molar-refractivity contribution in [3.8, 4) is 0 Å². The smallest absolute Gasteiger partial charge is 0.267 e. The number of hydrogen-bond acceptors (Lipinski definition) is 5. The Hall–Kier alpha value is -2.61. The summed E-state index contributed by atoms with van der Waals surface area (Å²) in [5, 5.41) is 12.5. The molecule has 1 aliphatic heterocycles. The van der Waals surface area contributed by atoms with Gasteiger partial charge in [0.05, 0.1) is 0 Å². The zero-order chi connectivity index (χ0) is 19.9. The van der Waals surface area contributed by atoms with Crippen LogP contribution in [-0.4, -0.2) is 46.0 Å². The number of nitrogens with zero attached hydrogens (tertiary/aromatic N) is 2. The fourth-order valence-corrected chi connectivity index (χ4v) is 3.14. The summed E-state index contributed by atoms with van der Waals surface area (Å²) in [5.74, 6) is 0.171. The molecule has 0 aliphatic carbocycles. The van der Waals surface area contributed by atoms with Crippen LogP contribution in [0.25, 0.3) is 6.08 Å². The van der Waals surface area contributed by atoms with Crippen molar-refractivity contribution in [1.29, 1.82) is 0 Å². The fraction of sp³-hybridized carbons (Fsp3) is 0.250. The van der Waals surface area contributed by atoms with Crippen molar-refractivity contribution in [2.45, 2.75) is 18.9 Å². The number of carbonyl (C=O) groups is 2. The van der Waals surface area contributed by atoms with E-state index in [1.54, 1.807) is 36.5 Å². The van der Waals surface area contributed by atoms with Gasteiger partial charge in [0, 0.05) is 42.0 Å². The molecule has 2 heterocycles. The van der Waals surface area contributed by atoms with Crippen molar-refractivity contribution in [2.24, 2.45) is 0 Å². The van der Waals surface area contributed by atoms with Gasteiger partial charge in [0.15, 0.2) is 0 Å². The van der Waals surface area contributed by atoms with E-state index in [1.165, 1.54) is 11.6 Å². The number of rotatable bonds is 5. The topological polar surface area (TPSA) is 94.6 Å². The molecule has 154 valence electrons. The summed E-state index contributed by atoms with van der Waals surface area (Å²) in [6.45, 7) is 1.35. The Morgan fingerprint density at radius 2 is 1.83 bits per heavy atom. The number of aromatic nitrogens is 1. The molecular weight excluding hydrogens is 415 g/mol. The van der Waals surface area contributed by atoms with Gasteiger partial charge in [0.2, 0.25) is 0 Å². The van der Waals surface area contributed by atoms with Gasteiger partial charge in [-0.1, -0.05) is 11.6 Å². The molecule has 0 unspecified atom stereocenters. The van der Waals surface area contributed by atoms with Crippen molar-refractivity contribution in [1.82, 2.24) is 15.4 Å². The molecule has 0 saturated carbocycles. The van der Waals surface area contributed by atoms with Gasteiger partial charge in [-0.2, -0.15) is 0 Å². The molecule has 0 bridgehead atoms. The SMILES string of the molecule is Cl.O=C(/C=C/c1ccc(NC2CCN(C(=O)c3ccc(Cl)cc3)CC2)nc1)NO. The Labute approximate surface area is 180 Å². The van der Waals surface area contributed by atoms with Gasteiger partial charge >= 0.3 is 0 Å². The van der Waals surface area contributed by atoms with Crippen LogP contribution in [0, 0.1) is 0 Å². The molecule has 1 aliphatic rings. The Morgan fingerprint density at radius 3 is 2.41 bits per heavy atom. The van der Waals surface area contributed by atoms with E-state index in [9.17, 15) is 9.59 Å². The molecule has 0 radical (unpaired) electrons. The highest BCUT2D eigenvalue weighted by Gasteiger charge is 2.23. The van der Waals surface area contributed by atoms with Crippen LogP contribution < -0.4 is 10.8 Å². The summed E-state index contributed by atoms with van der Waals surface area (Å²) in [5.41, 5.74) is 2.93. The van der Waals surface area contributed by atoms with Gasteiger partial charge in [-0.3, -0.25) is 14.8 Å². The summed E-state index contributed by atoms with van der Waals surface area (Å²) in [4.78, 5) is 29.7. The molecule has 1 fully saturated rings. The monoisotopic (exact) mass is 436 g/mol. The van der Waals surface area contributed by atoms with Crippen LogP contribution in [-0.2, 0) is 4.79 Å². The molecule has 3 N–H and O–H groups in total. The van der Waals surface area contributed by atoms with E-state index < -0.39 is 5.91 Å². The van der Waals surface area contributed by atoms with Crippen molar-refractivity contribution < 1.29 is 14.8 Å². The molecule has 0 spiro atoms. The van der Waals surface area contributed by atoms with E-state index in [2.05, 4.69) is 10.3 Å². The van der Waals surface area contributed by atoms with Gasteiger partial charge in [-0.15, -0.1) is 12.4 Å². The Bertz CT molecular complexity index is 849. The number of benzene rings is 1. The molecule has 3 rings (SSSR count). The van der Waals surface area contributed by atoms with Crippen LogP contribution in [0.1, 0.15) is 28.8 Å². The highest BCUT2D eigenvalue weighted by atomic mass is 35.5. The number of hydrogen-bond donors (Lipinski definition) is 3. The summed E-state index contributed by atoms with van der Waals surface area (Å²) in [6, 6.07) is 10.9. The molecule has 2 aromatic rings. The quantitative estimate of drug-likeness (QED) is 0.379. The van der Waals surface area contributed by atoms with Crippen molar-refractivity contribution in [3.05, 3.63) is 64.8 Å². The molecular formula is C20H22Cl2N4O3. The molecule has 1 aromatic carbocycles. The van der Waals surface area contributed by atoms with E-state index in [1.807, 2.05) is 17.0 Å². The number of pyridine rings is 1. The van der Waals surface area contributed by atoms with Gasteiger partial charge in [0.25, 0.3) is 11.8 Å². The second kappa shape index (κ2) is 10.8. The van der Waals surface area contributed by atoms with Crippen LogP contribution >= 0.6 is 24.0 Å². The Morgan fingerprint density at radius 1 is 1.14 bits per heavy atom. The summed E-state index contributed by atoms with van der Waals surface area (Å²) in [6.07, 6.45) is 6.09. The maximum absolute atomic E-state index is 12.5. The number of likely N-dealkylation sites (tertiary alicyclic amines) is 1. The molecule has 2 amide bonds. The number of nitrogens with one attached hydrogen (secondary N) is 2. The van der Waals surface area contributed by atoms with Crippen LogP contribution in [0.2, 0.25) is 5.02 Å². The lowest BCUT2D eigenvalue weighted by Gasteiger charge is -2.32. The van der Waals surface area contributed by atoms with Gasteiger partial charge in [-0.05, 0) is 60.9 Å². The van der Waals surface area contributed by atoms with Gasteiger partial charge in [0.1, 0.15) is 5.82 Å². The zero-order valence-electron chi connectivity index (χ0n) is 15.5. The van der Waals surface area contributed by atoms with Crippen molar-refractivity contribution in [2.75, 3.05) is 18.4 Å². The number of carbonyl (C=O) groups excluding carboxylic acids is 2. The maximum Gasteiger partial charge on any atom is 0.267 e. The number of hydroxylamine groups is 1. The van der Waals surface area contributed by atoms with E-state index in [-0.39, 0.29) is 24.4 Å². The standard InChI is InChI=1S/C20H21ClN4O3.ClH/c21-16-5-3-15(4-6-16)20(27)25-11-9-17(10-12-25)23-18-7-1-14(13-22-18)2-8-19(26)24-28;/h1-8,13,17,28H,9-12H2,(H,22,23)(H,24,26);1H/b8-2+;. The number of piperidine rings is 1. The van der Waals surface area contributed by atoms with E-state index in [0.29, 0.717) is 23.7 Å². The third-order valence-electron chi connectivity index (χ3n) is 4.55. The molecule has 9 heteroatoms. The largest absolute Gasteiger partial charge is 0.367 e. The summed E-state index contributed by atoms with van der Waals surface area (Å²) in [7, 11) is 0. The first kappa shape index (κ1) is 22.7. The number of amides is 2. The number of anilines is 1. The highest BCUT2D eigenvalue weighted by Crippen LogP contribution is 2.18. The van der Waals surface area contributed by atoms with Gasteiger partial charge in [-0.25, -0.2) is 10.5 Å². The lowest BCUT2D eigenvalue weighted by atomic mass is 10.0. The maximum atomic E-state index is 12.5. The molecule has 29 heavy (non-hydrogen) atoms. The first-order valence-corrected chi connectivity index (χ1v) is 9.32. The molecule has 1 saturated heterocycles. The fourth-order valence-electron chi connectivity index (χ4n) is 3.01. The van der Waals surface area contributed by atoms with Crippen LogP contribution in [0.4, 0.5) is 5.82 Å². The lowest BCUT2D eigenvalue weighted by Crippen LogP contribution is -2.42. The first-order valence-electron chi connectivity index (χ1n) is 8.95. The first-order chi connectivity index (χ1) is 13.5. The van der Waals surface area contributed by atoms with Crippen LogP contribution in [0.15, 0.2) is 48.7 Å². The summed E-state index contributed by atoms with van der Waals surface area (Å²) < 4.78 is 0. The average molecular weight is 437 g/mol. The van der Waals surface area contributed by atoms with Crippen molar-refractivity contribution >= 4 is 47.7 Å².